The molecule has 0 fully saturated rings. The standard InChI is InChI=1S/C25H33Cl2N3O5S/c1-5-7-15-28-25(32)23(6-2)29(16-20-21(26)9-8-10-22(20)27)24(31)17-30(36(4,33)34)18-11-13-19(35-3)14-12-18/h8-14,23H,5-7,15-17H2,1-4H3,(H,28,32)/t23-/m1/s1. The number of rotatable bonds is 13. The molecule has 0 unspecified atom stereocenters. The lowest BCUT2D eigenvalue weighted by Gasteiger charge is -2.33. The summed E-state index contributed by atoms with van der Waals surface area (Å²) in [5.74, 6) is -0.342. The Morgan fingerprint density at radius 2 is 1.67 bits per heavy atom. The average Bonchev–Trinajstić information content (AvgIpc) is 2.83. The van der Waals surface area contributed by atoms with Crippen LogP contribution in [0.4, 0.5) is 5.69 Å². The summed E-state index contributed by atoms with van der Waals surface area (Å²) in [6.07, 6.45) is 3.04. The van der Waals surface area contributed by atoms with Gasteiger partial charge in [0.25, 0.3) is 0 Å². The molecule has 0 saturated heterocycles. The molecule has 36 heavy (non-hydrogen) atoms. The van der Waals surface area contributed by atoms with E-state index in [4.69, 9.17) is 27.9 Å². The van der Waals surface area contributed by atoms with Gasteiger partial charge in [-0.2, -0.15) is 0 Å². The fourth-order valence-electron chi connectivity index (χ4n) is 3.64. The fourth-order valence-corrected chi connectivity index (χ4v) is 5.01. The Balaban J connectivity index is 2.45. The van der Waals surface area contributed by atoms with Crippen molar-refractivity contribution in [2.45, 2.75) is 45.7 Å². The Bertz CT molecular complexity index is 1120. The van der Waals surface area contributed by atoms with Crippen LogP contribution >= 0.6 is 23.2 Å². The van der Waals surface area contributed by atoms with Crippen LogP contribution in [0.2, 0.25) is 10.0 Å². The number of carbonyl (C=O) groups is 2. The number of hydrogen-bond donors (Lipinski definition) is 1. The Morgan fingerprint density at radius 3 is 2.17 bits per heavy atom. The molecule has 1 atom stereocenters. The number of sulfonamides is 1. The minimum atomic E-state index is -3.83. The number of methoxy groups -OCH3 is 1. The molecule has 2 rings (SSSR count). The third-order valence-electron chi connectivity index (χ3n) is 5.65. The van der Waals surface area contributed by atoms with E-state index in [-0.39, 0.29) is 12.5 Å². The third-order valence-corrected chi connectivity index (χ3v) is 7.49. The highest BCUT2D eigenvalue weighted by Gasteiger charge is 2.32. The first-order valence-electron chi connectivity index (χ1n) is 11.6. The van der Waals surface area contributed by atoms with Crippen LogP contribution in [0.3, 0.4) is 0 Å². The number of nitrogens with zero attached hydrogens (tertiary/aromatic N) is 2. The van der Waals surface area contributed by atoms with E-state index in [1.54, 1.807) is 49.4 Å². The molecule has 11 heteroatoms. The van der Waals surface area contributed by atoms with Crippen molar-refractivity contribution in [3.05, 3.63) is 58.1 Å². The van der Waals surface area contributed by atoms with Crippen LogP contribution in [0.5, 0.6) is 5.75 Å². The molecular weight excluding hydrogens is 525 g/mol. The van der Waals surface area contributed by atoms with Crippen LogP contribution in [-0.4, -0.2) is 57.6 Å². The molecule has 0 heterocycles. The Labute approximate surface area is 223 Å². The highest BCUT2D eigenvalue weighted by molar-refractivity contribution is 7.92. The van der Waals surface area contributed by atoms with E-state index in [1.807, 2.05) is 6.92 Å². The monoisotopic (exact) mass is 557 g/mol. The smallest absolute Gasteiger partial charge is 0.244 e. The number of unbranched alkanes of at least 4 members (excludes halogenated alkanes) is 1. The van der Waals surface area contributed by atoms with Crippen LogP contribution in [0, 0.1) is 0 Å². The first-order valence-corrected chi connectivity index (χ1v) is 14.3. The summed E-state index contributed by atoms with van der Waals surface area (Å²) in [5, 5.41) is 3.56. The van der Waals surface area contributed by atoms with E-state index >= 15 is 0 Å². The number of ether oxygens (including phenoxy) is 1. The molecular formula is C25H33Cl2N3O5S. The van der Waals surface area contributed by atoms with E-state index in [9.17, 15) is 18.0 Å². The number of nitrogens with one attached hydrogen (secondary N) is 1. The quantitative estimate of drug-likeness (QED) is 0.366. The van der Waals surface area contributed by atoms with E-state index in [2.05, 4.69) is 5.32 Å². The van der Waals surface area contributed by atoms with Crippen LogP contribution in [-0.2, 0) is 26.2 Å². The van der Waals surface area contributed by atoms with Crippen molar-refractivity contribution in [1.82, 2.24) is 10.2 Å². The molecule has 8 nitrogen and oxygen atoms in total. The number of amides is 2. The summed E-state index contributed by atoms with van der Waals surface area (Å²) in [4.78, 5) is 28.1. The number of carbonyl (C=O) groups excluding carboxylic acids is 2. The maximum absolute atomic E-state index is 13.7. The normalized spacial score (nSPS) is 12.1. The van der Waals surface area contributed by atoms with E-state index < -0.39 is 28.5 Å². The van der Waals surface area contributed by atoms with Crippen LogP contribution < -0.4 is 14.4 Å². The fraction of sp³-hybridized carbons (Fsp3) is 0.440. The molecule has 0 aliphatic rings. The molecule has 0 aliphatic carbocycles. The van der Waals surface area contributed by atoms with Crippen molar-refractivity contribution in [2.75, 3.05) is 30.8 Å². The lowest BCUT2D eigenvalue weighted by atomic mass is 10.1. The van der Waals surface area contributed by atoms with Gasteiger partial charge in [0.15, 0.2) is 0 Å². The first kappa shape index (κ1) is 29.7. The molecule has 1 N–H and O–H groups in total. The van der Waals surface area contributed by atoms with Gasteiger partial charge in [0.1, 0.15) is 18.3 Å². The van der Waals surface area contributed by atoms with Crippen molar-refractivity contribution in [1.29, 1.82) is 0 Å². The average molecular weight is 559 g/mol. The molecule has 2 aromatic carbocycles. The number of halogens is 2. The van der Waals surface area contributed by atoms with Crippen LogP contribution in [0.1, 0.15) is 38.7 Å². The minimum Gasteiger partial charge on any atom is -0.497 e. The van der Waals surface area contributed by atoms with Gasteiger partial charge in [-0.15, -0.1) is 0 Å². The van der Waals surface area contributed by atoms with Crippen molar-refractivity contribution < 1.29 is 22.7 Å². The number of hydrogen-bond acceptors (Lipinski definition) is 5. The van der Waals surface area contributed by atoms with Crippen LogP contribution in [0.15, 0.2) is 42.5 Å². The van der Waals surface area contributed by atoms with Gasteiger partial charge in [-0.1, -0.05) is 49.5 Å². The second-order valence-electron chi connectivity index (χ2n) is 8.26. The molecule has 0 aliphatic heterocycles. The SMILES string of the molecule is CCCCNC(=O)[C@@H](CC)N(Cc1c(Cl)cccc1Cl)C(=O)CN(c1ccc(OC)cc1)S(C)(=O)=O. The maximum Gasteiger partial charge on any atom is 0.244 e. The Kier molecular flexibility index (Phi) is 11.3. The summed E-state index contributed by atoms with van der Waals surface area (Å²) in [5.41, 5.74) is 0.771. The Hall–Kier alpha value is -2.49. The molecule has 0 spiro atoms. The second kappa shape index (κ2) is 13.7. The number of benzene rings is 2. The molecule has 198 valence electrons. The molecule has 2 aromatic rings. The van der Waals surface area contributed by atoms with E-state index in [0.717, 1.165) is 23.4 Å². The molecule has 0 aromatic heterocycles. The first-order chi connectivity index (χ1) is 17.0. The van der Waals surface area contributed by atoms with Crippen molar-refractivity contribution in [3.8, 4) is 5.75 Å². The zero-order chi connectivity index (χ0) is 26.9. The largest absolute Gasteiger partial charge is 0.497 e. The summed E-state index contributed by atoms with van der Waals surface area (Å²) in [6.45, 7) is 3.71. The summed E-state index contributed by atoms with van der Waals surface area (Å²) < 4.78 is 31.5. The minimum absolute atomic E-state index is 0.0583. The van der Waals surface area contributed by atoms with E-state index in [1.165, 1.54) is 12.0 Å². The van der Waals surface area contributed by atoms with Crippen LogP contribution in [0.25, 0.3) is 0 Å². The summed E-state index contributed by atoms with van der Waals surface area (Å²) in [7, 11) is -2.33. The number of anilines is 1. The van der Waals surface area contributed by atoms with Crippen molar-refractivity contribution in [3.63, 3.8) is 0 Å². The van der Waals surface area contributed by atoms with Gasteiger partial charge in [0.2, 0.25) is 21.8 Å². The third kappa shape index (κ3) is 8.01. The highest BCUT2D eigenvalue weighted by atomic mass is 35.5. The van der Waals surface area contributed by atoms with Gasteiger partial charge in [0.05, 0.1) is 19.1 Å². The molecule has 0 saturated carbocycles. The highest BCUT2D eigenvalue weighted by Crippen LogP contribution is 2.28. The lowest BCUT2D eigenvalue weighted by Crippen LogP contribution is -2.52. The molecule has 0 radical (unpaired) electrons. The predicted molar refractivity (Wildman–Crippen MR) is 144 cm³/mol. The summed E-state index contributed by atoms with van der Waals surface area (Å²) >= 11 is 12.7. The predicted octanol–water partition coefficient (Wildman–Crippen LogP) is 4.49. The molecule has 2 amide bonds. The van der Waals surface area contributed by atoms with Crippen molar-refractivity contribution >= 4 is 50.7 Å². The van der Waals surface area contributed by atoms with E-state index in [0.29, 0.717) is 40.0 Å². The van der Waals surface area contributed by atoms with Gasteiger partial charge in [-0.25, -0.2) is 8.42 Å². The summed E-state index contributed by atoms with van der Waals surface area (Å²) in [6, 6.07) is 10.4. The Morgan fingerprint density at radius 1 is 1.06 bits per heavy atom. The maximum atomic E-state index is 13.7. The van der Waals surface area contributed by atoms with Gasteiger partial charge >= 0.3 is 0 Å². The zero-order valence-corrected chi connectivity index (χ0v) is 23.3. The zero-order valence-electron chi connectivity index (χ0n) is 21.0. The topological polar surface area (TPSA) is 96.0 Å². The van der Waals surface area contributed by atoms with Gasteiger partial charge in [0, 0.05) is 28.7 Å². The van der Waals surface area contributed by atoms with Crippen molar-refractivity contribution in [2.24, 2.45) is 0 Å². The molecule has 0 bridgehead atoms. The second-order valence-corrected chi connectivity index (χ2v) is 11.0. The van der Waals surface area contributed by atoms with Gasteiger partial charge in [-0.05, 0) is 49.2 Å². The lowest BCUT2D eigenvalue weighted by molar-refractivity contribution is -0.140. The van der Waals surface area contributed by atoms with Gasteiger partial charge in [-0.3, -0.25) is 13.9 Å². The van der Waals surface area contributed by atoms with Gasteiger partial charge < -0.3 is 15.0 Å².